The highest BCUT2D eigenvalue weighted by Crippen LogP contribution is 2.21. The SMILES string of the molecule is CCOCCN(C)c1nc(C)cc(C)c1CNC(C)C. The van der Waals surface area contributed by atoms with E-state index in [1.54, 1.807) is 0 Å². The third kappa shape index (κ3) is 5.10. The smallest absolute Gasteiger partial charge is 0.133 e. The Labute approximate surface area is 123 Å². The van der Waals surface area contributed by atoms with Crippen LogP contribution in [0.1, 0.15) is 37.6 Å². The number of hydrogen-bond donors (Lipinski definition) is 1. The van der Waals surface area contributed by atoms with Gasteiger partial charge < -0.3 is 15.0 Å². The van der Waals surface area contributed by atoms with E-state index in [0.717, 1.165) is 37.8 Å². The Morgan fingerprint density at radius 2 is 2.05 bits per heavy atom. The van der Waals surface area contributed by atoms with Crippen LogP contribution in [0.25, 0.3) is 0 Å². The van der Waals surface area contributed by atoms with Gasteiger partial charge in [0.25, 0.3) is 0 Å². The lowest BCUT2D eigenvalue weighted by atomic mass is 10.1. The van der Waals surface area contributed by atoms with Crippen molar-refractivity contribution in [3.8, 4) is 0 Å². The summed E-state index contributed by atoms with van der Waals surface area (Å²) in [6, 6.07) is 2.62. The van der Waals surface area contributed by atoms with Gasteiger partial charge in [-0.3, -0.25) is 0 Å². The minimum absolute atomic E-state index is 0.470. The van der Waals surface area contributed by atoms with Gasteiger partial charge in [0.2, 0.25) is 0 Å². The molecule has 1 aromatic rings. The number of likely N-dealkylation sites (N-methyl/N-ethyl adjacent to an activating group) is 1. The van der Waals surface area contributed by atoms with Gasteiger partial charge in [-0.25, -0.2) is 4.98 Å². The monoisotopic (exact) mass is 279 g/mol. The first-order valence-corrected chi connectivity index (χ1v) is 7.45. The first-order chi connectivity index (χ1) is 9.45. The van der Waals surface area contributed by atoms with Gasteiger partial charge >= 0.3 is 0 Å². The van der Waals surface area contributed by atoms with Crippen molar-refractivity contribution in [3.63, 3.8) is 0 Å². The van der Waals surface area contributed by atoms with Gasteiger partial charge in [0, 0.05) is 44.0 Å². The molecule has 0 saturated carbocycles. The Kier molecular flexibility index (Phi) is 6.96. The lowest BCUT2D eigenvalue weighted by Crippen LogP contribution is -2.28. The lowest BCUT2D eigenvalue weighted by molar-refractivity contribution is 0.154. The van der Waals surface area contributed by atoms with Crippen molar-refractivity contribution < 1.29 is 4.74 Å². The van der Waals surface area contributed by atoms with Crippen molar-refractivity contribution in [1.29, 1.82) is 0 Å². The fraction of sp³-hybridized carbons (Fsp3) is 0.688. The van der Waals surface area contributed by atoms with E-state index in [1.165, 1.54) is 11.1 Å². The molecule has 0 fully saturated rings. The molecule has 1 aromatic heterocycles. The summed E-state index contributed by atoms with van der Waals surface area (Å²) in [7, 11) is 2.08. The number of aromatic nitrogens is 1. The number of nitrogens with zero attached hydrogens (tertiary/aromatic N) is 2. The van der Waals surface area contributed by atoms with Crippen molar-refractivity contribution in [2.45, 2.75) is 47.2 Å². The second kappa shape index (κ2) is 8.22. The zero-order chi connectivity index (χ0) is 15.1. The Morgan fingerprint density at radius 3 is 2.65 bits per heavy atom. The second-order valence-electron chi connectivity index (χ2n) is 5.54. The maximum Gasteiger partial charge on any atom is 0.133 e. The number of pyridine rings is 1. The summed E-state index contributed by atoms with van der Waals surface area (Å²) in [5.74, 6) is 1.07. The van der Waals surface area contributed by atoms with Gasteiger partial charge in [0.05, 0.1) is 6.61 Å². The molecule has 0 spiro atoms. The molecule has 0 atom stereocenters. The Hall–Kier alpha value is -1.13. The zero-order valence-corrected chi connectivity index (χ0v) is 13.8. The van der Waals surface area contributed by atoms with Crippen LogP contribution < -0.4 is 10.2 Å². The Balaban J connectivity index is 2.90. The molecule has 1 N–H and O–H groups in total. The van der Waals surface area contributed by atoms with Gasteiger partial charge in [-0.1, -0.05) is 13.8 Å². The molecular formula is C16H29N3O. The number of aryl methyl sites for hydroxylation is 2. The summed E-state index contributed by atoms with van der Waals surface area (Å²) in [5.41, 5.74) is 3.64. The van der Waals surface area contributed by atoms with Crippen LogP contribution in [0.4, 0.5) is 5.82 Å². The molecule has 4 heteroatoms. The summed E-state index contributed by atoms with van der Waals surface area (Å²) < 4.78 is 5.44. The first kappa shape index (κ1) is 16.9. The van der Waals surface area contributed by atoms with Crippen molar-refractivity contribution >= 4 is 5.82 Å². The van der Waals surface area contributed by atoms with Crippen LogP contribution in [-0.2, 0) is 11.3 Å². The molecule has 0 saturated heterocycles. The number of hydrogen-bond acceptors (Lipinski definition) is 4. The standard InChI is InChI=1S/C16H29N3O/c1-7-20-9-8-19(6)16-15(11-17-12(2)3)13(4)10-14(5)18-16/h10,12,17H,7-9,11H2,1-6H3. The molecule has 0 unspecified atom stereocenters. The summed E-state index contributed by atoms with van der Waals surface area (Å²) in [4.78, 5) is 6.91. The van der Waals surface area contributed by atoms with Crippen LogP contribution in [0.2, 0.25) is 0 Å². The average Bonchev–Trinajstić information content (AvgIpc) is 2.36. The largest absolute Gasteiger partial charge is 0.380 e. The molecule has 114 valence electrons. The molecule has 0 aliphatic rings. The Morgan fingerprint density at radius 1 is 1.35 bits per heavy atom. The molecule has 0 aromatic carbocycles. The van der Waals surface area contributed by atoms with Crippen LogP contribution in [0.5, 0.6) is 0 Å². The number of anilines is 1. The third-order valence-electron chi connectivity index (χ3n) is 3.28. The van der Waals surface area contributed by atoms with Crippen LogP contribution >= 0.6 is 0 Å². The lowest BCUT2D eigenvalue weighted by Gasteiger charge is -2.24. The normalized spacial score (nSPS) is 11.2. The molecule has 20 heavy (non-hydrogen) atoms. The quantitative estimate of drug-likeness (QED) is 0.742. The van der Waals surface area contributed by atoms with Crippen molar-refractivity contribution in [2.24, 2.45) is 0 Å². The van der Waals surface area contributed by atoms with E-state index in [0.29, 0.717) is 6.04 Å². The molecule has 0 amide bonds. The maximum atomic E-state index is 5.44. The minimum Gasteiger partial charge on any atom is -0.380 e. The highest BCUT2D eigenvalue weighted by molar-refractivity contribution is 5.51. The maximum absolute atomic E-state index is 5.44. The van der Waals surface area contributed by atoms with Gasteiger partial charge in [0.1, 0.15) is 5.82 Å². The number of rotatable bonds is 8. The predicted octanol–water partition coefficient (Wildman–Crippen LogP) is 2.67. The fourth-order valence-electron chi connectivity index (χ4n) is 2.14. The molecule has 4 nitrogen and oxygen atoms in total. The Bertz CT molecular complexity index is 418. The number of ether oxygens (including phenoxy) is 1. The van der Waals surface area contributed by atoms with E-state index in [2.05, 4.69) is 44.1 Å². The predicted molar refractivity (Wildman–Crippen MR) is 85.4 cm³/mol. The van der Waals surface area contributed by atoms with Gasteiger partial charge in [-0.05, 0) is 32.4 Å². The van der Waals surface area contributed by atoms with Crippen LogP contribution in [0.15, 0.2) is 6.07 Å². The van der Waals surface area contributed by atoms with E-state index >= 15 is 0 Å². The fourth-order valence-corrected chi connectivity index (χ4v) is 2.14. The number of nitrogens with one attached hydrogen (secondary N) is 1. The van der Waals surface area contributed by atoms with E-state index < -0.39 is 0 Å². The van der Waals surface area contributed by atoms with E-state index in [1.807, 2.05) is 13.8 Å². The highest BCUT2D eigenvalue weighted by atomic mass is 16.5. The third-order valence-corrected chi connectivity index (χ3v) is 3.28. The minimum atomic E-state index is 0.470. The molecule has 0 aliphatic carbocycles. The second-order valence-corrected chi connectivity index (χ2v) is 5.54. The molecule has 0 bridgehead atoms. The van der Waals surface area contributed by atoms with E-state index in [9.17, 15) is 0 Å². The summed E-state index contributed by atoms with van der Waals surface area (Å²) in [6.45, 7) is 13.8. The summed E-state index contributed by atoms with van der Waals surface area (Å²) in [6.07, 6.45) is 0. The van der Waals surface area contributed by atoms with Crippen molar-refractivity contribution in [1.82, 2.24) is 10.3 Å². The van der Waals surface area contributed by atoms with Crippen molar-refractivity contribution in [2.75, 3.05) is 31.7 Å². The van der Waals surface area contributed by atoms with Gasteiger partial charge in [-0.15, -0.1) is 0 Å². The zero-order valence-electron chi connectivity index (χ0n) is 13.8. The van der Waals surface area contributed by atoms with E-state index in [4.69, 9.17) is 9.72 Å². The summed E-state index contributed by atoms with van der Waals surface area (Å²) in [5, 5.41) is 3.49. The molecule has 0 aliphatic heterocycles. The first-order valence-electron chi connectivity index (χ1n) is 7.45. The molecule has 1 heterocycles. The molecule has 1 rings (SSSR count). The highest BCUT2D eigenvalue weighted by Gasteiger charge is 2.13. The molecular weight excluding hydrogens is 250 g/mol. The van der Waals surface area contributed by atoms with E-state index in [-0.39, 0.29) is 0 Å². The van der Waals surface area contributed by atoms with Crippen LogP contribution in [0.3, 0.4) is 0 Å². The molecule has 0 radical (unpaired) electrons. The topological polar surface area (TPSA) is 37.4 Å². The van der Waals surface area contributed by atoms with Gasteiger partial charge in [-0.2, -0.15) is 0 Å². The van der Waals surface area contributed by atoms with Crippen LogP contribution in [-0.4, -0.2) is 37.8 Å². The van der Waals surface area contributed by atoms with Gasteiger partial charge in [0.15, 0.2) is 0 Å². The van der Waals surface area contributed by atoms with Crippen LogP contribution in [0, 0.1) is 13.8 Å². The summed E-state index contributed by atoms with van der Waals surface area (Å²) >= 11 is 0. The average molecular weight is 279 g/mol. The van der Waals surface area contributed by atoms with Crippen molar-refractivity contribution in [3.05, 3.63) is 22.9 Å².